The smallest absolute Gasteiger partial charge is 0.0242 e. The van der Waals surface area contributed by atoms with Crippen molar-refractivity contribution >= 4 is 11.1 Å². The van der Waals surface area contributed by atoms with Gasteiger partial charge in [-0.1, -0.05) is 104 Å². The fraction of sp³-hybridized carbons (Fsp3) is 0.278. The van der Waals surface area contributed by atoms with Crippen LogP contribution < -0.4 is 0 Å². The Kier molecular flexibility index (Phi) is 7.39. The van der Waals surface area contributed by atoms with Crippen LogP contribution in [0.1, 0.15) is 66.3 Å². The van der Waals surface area contributed by atoms with E-state index < -0.39 is 0 Å². The van der Waals surface area contributed by atoms with Crippen LogP contribution in [0.25, 0.3) is 11.1 Å². The molecule has 3 aromatic carbocycles. The van der Waals surface area contributed by atoms with E-state index in [1.165, 1.54) is 59.1 Å². The number of allylic oxidation sites excluding steroid dienone is 5. The summed E-state index contributed by atoms with van der Waals surface area (Å²) in [6.07, 6.45) is 18.6. The number of terminal acetylenes is 1. The molecule has 0 aliphatic heterocycles. The molecule has 0 amide bonds. The predicted octanol–water partition coefficient (Wildman–Crippen LogP) is 9.10. The first-order chi connectivity index (χ1) is 17.6. The van der Waals surface area contributed by atoms with Crippen LogP contribution in [0.3, 0.4) is 0 Å². The van der Waals surface area contributed by atoms with Crippen molar-refractivity contribution < 1.29 is 0 Å². The lowest BCUT2D eigenvalue weighted by Crippen LogP contribution is -2.22. The minimum Gasteiger partial charge on any atom is -0.115 e. The standard InChI is InChI=1S/C36H36/c1-4-28-11-13-29(14-12-28)25-30-15-18-33(19-16-30)36(27(3)31-8-6-5-7-9-31)34-22-20-32(21-23-34)35-17-10-26(2)24-35/h1,5-14,17,20-24,26,30,33,36H,3,15-16,18-19,25H2,2H3. The van der Waals surface area contributed by atoms with Crippen LogP contribution in [0, 0.1) is 30.1 Å². The number of benzene rings is 3. The first kappa shape index (κ1) is 24.1. The summed E-state index contributed by atoms with van der Waals surface area (Å²) >= 11 is 0. The monoisotopic (exact) mass is 468 g/mol. The van der Waals surface area contributed by atoms with Gasteiger partial charge in [0, 0.05) is 11.5 Å². The highest BCUT2D eigenvalue weighted by molar-refractivity contribution is 5.77. The molecule has 2 aliphatic rings. The maximum atomic E-state index is 5.52. The SMILES string of the molecule is C#Cc1ccc(CC2CCC(C(C(=C)c3ccccc3)c3ccc(C4=CC(C)C=C4)cc3)CC2)cc1. The third-order valence-electron chi connectivity index (χ3n) is 8.15. The molecule has 0 aromatic heterocycles. The van der Waals surface area contributed by atoms with Gasteiger partial charge in [0.15, 0.2) is 0 Å². The number of hydrogen-bond acceptors (Lipinski definition) is 0. The summed E-state index contributed by atoms with van der Waals surface area (Å²) < 4.78 is 0. The summed E-state index contributed by atoms with van der Waals surface area (Å²) in [6, 6.07) is 28.6. The maximum Gasteiger partial charge on any atom is 0.0242 e. The fourth-order valence-corrected chi connectivity index (χ4v) is 6.11. The minimum absolute atomic E-state index is 0.351. The molecule has 2 aliphatic carbocycles. The average Bonchev–Trinajstić information content (AvgIpc) is 3.37. The topological polar surface area (TPSA) is 0 Å². The van der Waals surface area contributed by atoms with Gasteiger partial charge in [-0.25, -0.2) is 0 Å². The van der Waals surface area contributed by atoms with Crippen molar-refractivity contribution in [2.24, 2.45) is 17.8 Å². The Balaban J connectivity index is 1.33. The van der Waals surface area contributed by atoms with Crippen molar-refractivity contribution in [3.63, 3.8) is 0 Å². The molecular weight excluding hydrogens is 432 g/mol. The van der Waals surface area contributed by atoms with E-state index in [9.17, 15) is 0 Å². The van der Waals surface area contributed by atoms with Gasteiger partial charge >= 0.3 is 0 Å². The second-order valence-corrected chi connectivity index (χ2v) is 10.7. The summed E-state index contributed by atoms with van der Waals surface area (Å²) in [5.41, 5.74) is 8.93. The number of hydrogen-bond donors (Lipinski definition) is 0. The molecule has 0 bridgehead atoms. The van der Waals surface area contributed by atoms with E-state index in [1.807, 2.05) is 0 Å². The van der Waals surface area contributed by atoms with E-state index in [0.717, 1.165) is 17.9 Å². The van der Waals surface area contributed by atoms with Gasteiger partial charge in [-0.15, -0.1) is 6.42 Å². The lowest BCUT2D eigenvalue weighted by molar-refractivity contribution is 0.260. The van der Waals surface area contributed by atoms with Crippen molar-refractivity contribution in [2.45, 2.75) is 44.9 Å². The molecule has 1 saturated carbocycles. The zero-order valence-corrected chi connectivity index (χ0v) is 21.4. The van der Waals surface area contributed by atoms with Crippen LogP contribution in [0.2, 0.25) is 0 Å². The van der Waals surface area contributed by atoms with Crippen LogP contribution in [-0.4, -0.2) is 0 Å². The first-order valence-electron chi connectivity index (χ1n) is 13.4. The molecule has 180 valence electrons. The normalized spacial score (nSPS) is 22.0. The molecule has 2 unspecified atom stereocenters. The van der Waals surface area contributed by atoms with Crippen molar-refractivity contribution in [3.05, 3.63) is 131 Å². The quantitative estimate of drug-likeness (QED) is 0.303. The molecule has 0 saturated heterocycles. The maximum absolute atomic E-state index is 5.52. The third-order valence-corrected chi connectivity index (χ3v) is 8.15. The van der Waals surface area contributed by atoms with E-state index in [-0.39, 0.29) is 0 Å². The highest BCUT2D eigenvalue weighted by atomic mass is 14.3. The summed E-state index contributed by atoms with van der Waals surface area (Å²) in [7, 11) is 0. The molecule has 0 spiro atoms. The Morgan fingerprint density at radius 1 is 0.917 bits per heavy atom. The van der Waals surface area contributed by atoms with Crippen LogP contribution in [0.4, 0.5) is 0 Å². The zero-order valence-electron chi connectivity index (χ0n) is 21.4. The van der Waals surface area contributed by atoms with Gasteiger partial charge in [-0.3, -0.25) is 0 Å². The fourth-order valence-electron chi connectivity index (χ4n) is 6.11. The molecule has 1 fully saturated rings. The first-order valence-corrected chi connectivity index (χ1v) is 13.4. The predicted molar refractivity (Wildman–Crippen MR) is 154 cm³/mol. The van der Waals surface area contributed by atoms with Crippen molar-refractivity contribution in [2.75, 3.05) is 0 Å². The molecule has 0 N–H and O–H groups in total. The van der Waals surface area contributed by atoms with Crippen LogP contribution in [0.15, 0.2) is 104 Å². The zero-order chi connectivity index (χ0) is 24.9. The molecular formula is C36H36. The molecule has 2 atom stereocenters. The van der Waals surface area contributed by atoms with Crippen molar-refractivity contribution in [3.8, 4) is 12.3 Å². The van der Waals surface area contributed by atoms with Gasteiger partial charge in [0.2, 0.25) is 0 Å². The van der Waals surface area contributed by atoms with Crippen LogP contribution in [-0.2, 0) is 6.42 Å². The molecule has 0 nitrogen and oxygen atoms in total. The van der Waals surface area contributed by atoms with Gasteiger partial charge in [-0.05, 0) is 95.4 Å². The summed E-state index contributed by atoms with van der Waals surface area (Å²) in [4.78, 5) is 0. The molecule has 0 heterocycles. The molecule has 3 aromatic rings. The van der Waals surface area contributed by atoms with Gasteiger partial charge in [0.1, 0.15) is 0 Å². The van der Waals surface area contributed by atoms with Gasteiger partial charge < -0.3 is 0 Å². The van der Waals surface area contributed by atoms with E-state index in [4.69, 9.17) is 6.42 Å². The molecule has 0 heteroatoms. The van der Waals surface area contributed by atoms with Crippen molar-refractivity contribution in [1.29, 1.82) is 0 Å². The summed E-state index contributed by atoms with van der Waals surface area (Å²) in [5.74, 6) is 4.96. The summed E-state index contributed by atoms with van der Waals surface area (Å²) in [5, 5.41) is 0. The van der Waals surface area contributed by atoms with E-state index in [2.05, 4.69) is 117 Å². The Morgan fingerprint density at radius 3 is 2.22 bits per heavy atom. The van der Waals surface area contributed by atoms with E-state index in [1.54, 1.807) is 0 Å². The van der Waals surface area contributed by atoms with E-state index in [0.29, 0.717) is 17.8 Å². The molecule has 36 heavy (non-hydrogen) atoms. The average molecular weight is 469 g/mol. The van der Waals surface area contributed by atoms with Gasteiger partial charge in [0.25, 0.3) is 0 Å². The molecule has 0 radical (unpaired) electrons. The summed E-state index contributed by atoms with van der Waals surface area (Å²) in [6.45, 7) is 6.89. The van der Waals surface area contributed by atoms with E-state index >= 15 is 0 Å². The van der Waals surface area contributed by atoms with Gasteiger partial charge in [-0.2, -0.15) is 0 Å². The lowest BCUT2D eigenvalue weighted by atomic mass is 9.69. The Bertz CT molecular complexity index is 1270. The Hall–Kier alpha value is -3.56. The highest BCUT2D eigenvalue weighted by Crippen LogP contribution is 2.45. The van der Waals surface area contributed by atoms with Crippen LogP contribution in [0.5, 0.6) is 0 Å². The highest BCUT2D eigenvalue weighted by Gasteiger charge is 2.31. The molecule has 5 rings (SSSR count). The van der Waals surface area contributed by atoms with Gasteiger partial charge in [0.05, 0.1) is 0 Å². The number of rotatable bonds is 7. The third kappa shape index (κ3) is 5.47. The Morgan fingerprint density at radius 2 is 1.61 bits per heavy atom. The lowest BCUT2D eigenvalue weighted by Gasteiger charge is -2.35. The minimum atomic E-state index is 0.351. The second kappa shape index (κ2) is 11.0. The largest absolute Gasteiger partial charge is 0.115 e. The second-order valence-electron chi connectivity index (χ2n) is 10.7. The van der Waals surface area contributed by atoms with Crippen molar-refractivity contribution in [1.82, 2.24) is 0 Å². The van der Waals surface area contributed by atoms with Crippen LogP contribution >= 0.6 is 0 Å². The Labute approximate surface area is 217 Å².